The van der Waals surface area contributed by atoms with Crippen LogP contribution in [-0.4, -0.2) is 17.6 Å². The molecule has 0 saturated heterocycles. The molecule has 0 radical (unpaired) electrons. The highest BCUT2D eigenvalue weighted by Gasteiger charge is 2.13. The number of thiocarbonyl (C=S) groups is 1. The Morgan fingerprint density at radius 2 is 1.43 bits per heavy atom. The minimum absolute atomic E-state index is 0.285. The lowest BCUT2D eigenvalue weighted by Crippen LogP contribution is -2.39. The summed E-state index contributed by atoms with van der Waals surface area (Å²) in [6.45, 7) is 1.04. The van der Waals surface area contributed by atoms with E-state index in [2.05, 4.69) is 22.8 Å². The first kappa shape index (κ1) is 19.6. The minimum Gasteiger partial charge on any atom is -0.492 e. The highest BCUT2D eigenvalue weighted by atomic mass is 32.1. The summed E-state index contributed by atoms with van der Waals surface area (Å²) in [6, 6.07) is 27.1. The summed E-state index contributed by atoms with van der Waals surface area (Å²) in [6.07, 6.45) is 0.772. The van der Waals surface area contributed by atoms with Crippen molar-refractivity contribution in [3.8, 4) is 5.75 Å². The molecular formula is C23H22N2O2S. The molecule has 0 unspecified atom stereocenters. The fourth-order valence-electron chi connectivity index (χ4n) is 2.70. The SMILES string of the molecule is O=C(NC(=S)NCc1ccccc1)c1ccccc1OCCc1ccccc1. The first-order valence-corrected chi connectivity index (χ1v) is 9.52. The monoisotopic (exact) mass is 390 g/mol. The van der Waals surface area contributed by atoms with E-state index in [1.165, 1.54) is 5.56 Å². The highest BCUT2D eigenvalue weighted by molar-refractivity contribution is 7.80. The number of para-hydroxylation sites is 1. The van der Waals surface area contributed by atoms with E-state index in [1.54, 1.807) is 18.2 Å². The Bertz CT molecular complexity index is 914. The third-order valence-corrected chi connectivity index (χ3v) is 4.39. The Labute approximate surface area is 170 Å². The molecule has 0 heterocycles. The van der Waals surface area contributed by atoms with Gasteiger partial charge in [0.1, 0.15) is 5.75 Å². The summed E-state index contributed by atoms with van der Waals surface area (Å²) < 4.78 is 5.85. The zero-order valence-electron chi connectivity index (χ0n) is 15.4. The van der Waals surface area contributed by atoms with E-state index in [9.17, 15) is 4.79 Å². The first-order chi connectivity index (χ1) is 13.7. The summed E-state index contributed by atoms with van der Waals surface area (Å²) in [5, 5.41) is 6.04. The lowest BCUT2D eigenvalue weighted by Gasteiger charge is -2.13. The number of amides is 1. The lowest BCUT2D eigenvalue weighted by atomic mass is 10.1. The topological polar surface area (TPSA) is 50.4 Å². The number of hydrogen-bond acceptors (Lipinski definition) is 3. The van der Waals surface area contributed by atoms with E-state index < -0.39 is 0 Å². The predicted molar refractivity (Wildman–Crippen MR) is 115 cm³/mol. The van der Waals surface area contributed by atoms with Crippen LogP contribution in [0.1, 0.15) is 21.5 Å². The van der Waals surface area contributed by atoms with Crippen molar-refractivity contribution in [3.63, 3.8) is 0 Å². The van der Waals surface area contributed by atoms with E-state index in [-0.39, 0.29) is 11.0 Å². The molecule has 3 aromatic carbocycles. The zero-order chi connectivity index (χ0) is 19.6. The Kier molecular flexibility index (Phi) is 7.15. The summed E-state index contributed by atoms with van der Waals surface area (Å²) in [7, 11) is 0. The Balaban J connectivity index is 1.53. The average Bonchev–Trinajstić information content (AvgIpc) is 2.74. The van der Waals surface area contributed by atoms with Crippen LogP contribution in [0.3, 0.4) is 0 Å². The molecule has 0 aliphatic rings. The van der Waals surface area contributed by atoms with Crippen LogP contribution >= 0.6 is 12.2 Å². The molecular weight excluding hydrogens is 368 g/mol. The van der Waals surface area contributed by atoms with Crippen molar-refractivity contribution >= 4 is 23.2 Å². The van der Waals surface area contributed by atoms with Gasteiger partial charge in [-0.25, -0.2) is 0 Å². The third-order valence-electron chi connectivity index (χ3n) is 4.15. The summed E-state index contributed by atoms with van der Waals surface area (Å²) in [5.41, 5.74) is 2.74. The number of carbonyl (C=O) groups excluding carboxylic acids is 1. The van der Waals surface area contributed by atoms with Gasteiger partial charge in [0, 0.05) is 13.0 Å². The van der Waals surface area contributed by atoms with E-state index in [0.717, 1.165) is 12.0 Å². The van der Waals surface area contributed by atoms with Crippen LogP contribution in [-0.2, 0) is 13.0 Å². The van der Waals surface area contributed by atoms with Gasteiger partial charge in [0.05, 0.1) is 12.2 Å². The molecule has 5 heteroatoms. The van der Waals surface area contributed by atoms with Crippen molar-refractivity contribution in [2.24, 2.45) is 0 Å². The van der Waals surface area contributed by atoms with Crippen molar-refractivity contribution in [2.75, 3.05) is 6.61 Å². The Morgan fingerprint density at radius 1 is 0.821 bits per heavy atom. The molecule has 0 bridgehead atoms. The number of carbonyl (C=O) groups is 1. The van der Waals surface area contributed by atoms with Gasteiger partial charge in [-0.05, 0) is 35.5 Å². The third kappa shape index (κ3) is 5.93. The van der Waals surface area contributed by atoms with Crippen LogP contribution in [0, 0.1) is 0 Å². The van der Waals surface area contributed by atoms with E-state index >= 15 is 0 Å². The number of hydrogen-bond donors (Lipinski definition) is 2. The van der Waals surface area contributed by atoms with Gasteiger partial charge >= 0.3 is 0 Å². The van der Waals surface area contributed by atoms with Gasteiger partial charge in [0.2, 0.25) is 0 Å². The molecule has 3 aromatic rings. The van der Waals surface area contributed by atoms with Gasteiger partial charge < -0.3 is 10.1 Å². The van der Waals surface area contributed by atoms with Crippen LogP contribution < -0.4 is 15.4 Å². The second-order valence-electron chi connectivity index (χ2n) is 6.20. The molecule has 0 aromatic heterocycles. The molecule has 0 fully saturated rings. The maximum atomic E-state index is 12.6. The summed E-state index contributed by atoms with van der Waals surface area (Å²) in [4.78, 5) is 12.6. The standard InChI is InChI=1S/C23H22N2O2S/c26-22(25-23(28)24-17-19-11-5-2-6-12-19)20-13-7-8-14-21(20)27-16-15-18-9-3-1-4-10-18/h1-14H,15-17H2,(H2,24,25,26,28). The highest BCUT2D eigenvalue weighted by Crippen LogP contribution is 2.18. The van der Waals surface area contributed by atoms with Crippen molar-refractivity contribution in [2.45, 2.75) is 13.0 Å². The van der Waals surface area contributed by atoms with Gasteiger partial charge in [-0.15, -0.1) is 0 Å². The van der Waals surface area contributed by atoms with Gasteiger partial charge in [-0.1, -0.05) is 72.8 Å². The fraction of sp³-hybridized carbons (Fsp3) is 0.130. The number of ether oxygens (including phenoxy) is 1. The van der Waals surface area contributed by atoms with Gasteiger partial charge in [0.15, 0.2) is 5.11 Å². The normalized spacial score (nSPS) is 10.1. The quantitative estimate of drug-likeness (QED) is 0.596. The molecule has 0 aliphatic heterocycles. The van der Waals surface area contributed by atoms with Crippen LogP contribution in [0.15, 0.2) is 84.9 Å². The Morgan fingerprint density at radius 3 is 2.14 bits per heavy atom. The average molecular weight is 391 g/mol. The van der Waals surface area contributed by atoms with Crippen molar-refractivity contribution in [3.05, 3.63) is 102 Å². The van der Waals surface area contributed by atoms with Crippen molar-refractivity contribution in [1.82, 2.24) is 10.6 Å². The molecule has 28 heavy (non-hydrogen) atoms. The Hall–Kier alpha value is -3.18. The van der Waals surface area contributed by atoms with Crippen LogP contribution in [0.5, 0.6) is 5.75 Å². The maximum absolute atomic E-state index is 12.6. The molecule has 0 aliphatic carbocycles. The zero-order valence-corrected chi connectivity index (χ0v) is 16.2. The summed E-state index contributed by atoms with van der Waals surface area (Å²) in [5.74, 6) is 0.252. The van der Waals surface area contributed by atoms with Crippen LogP contribution in [0.2, 0.25) is 0 Å². The van der Waals surface area contributed by atoms with Gasteiger partial charge in [-0.3, -0.25) is 10.1 Å². The van der Waals surface area contributed by atoms with Gasteiger partial charge in [0.25, 0.3) is 5.91 Å². The van der Waals surface area contributed by atoms with Gasteiger partial charge in [-0.2, -0.15) is 0 Å². The molecule has 0 saturated carbocycles. The molecule has 1 amide bonds. The molecule has 2 N–H and O–H groups in total. The van der Waals surface area contributed by atoms with Crippen molar-refractivity contribution in [1.29, 1.82) is 0 Å². The predicted octanol–water partition coefficient (Wildman–Crippen LogP) is 4.11. The fourth-order valence-corrected chi connectivity index (χ4v) is 2.86. The number of benzene rings is 3. The van der Waals surface area contributed by atoms with Crippen LogP contribution in [0.4, 0.5) is 0 Å². The molecule has 142 valence electrons. The summed E-state index contributed by atoms with van der Waals surface area (Å²) >= 11 is 5.24. The molecule has 0 atom stereocenters. The largest absolute Gasteiger partial charge is 0.492 e. The van der Waals surface area contributed by atoms with Crippen LogP contribution in [0.25, 0.3) is 0 Å². The molecule has 0 spiro atoms. The first-order valence-electron chi connectivity index (χ1n) is 9.11. The minimum atomic E-state index is -0.291. The molecule has 3 rings (SSSR count). The number of nitrogens with one attached hydrogen (secondary N) is 2. The lowest BCUT2D eigenvalue weighted by molar-refractivity contribution is 0.0972. The van der Waals surface area contributed by atoms with E-state index in [1.807, 2.05) is 54.6 Å². The van der Waals surface area contributed by atoms with E-state index in [0.29, 0.717) is 24.5 Å². The number of rotatable bonds is 7. The molecule has 4 nitrogen and oxygen atoms in total. The van der Waals surface area contributed by atoms with E-state index in [4.69, 9.17) is 17.0 Å². The smallest absolute Gasteiger partial charge is 0.261 e. The second-order valence-corrected chi connectivity index (χ2v) is 6.61. The van der Waals surface area contributed by atoms with Crippen molar-refractivity contribution < 1.29 is 9.53 Å². The second kappa shape index (κ2) is 10.2. The maximum Gasteiger partial charge on any atom is 0.261 e.